The SMILES string of the molecule is CN(C)c1ncccc1C(=O)NCC(C)(C)CO. The Kier molecular flexibility index (Phi) is 4.67. The van der Waals surface area contributed by atoms with Crippen molar-refractivity contribution in [3.8, 4) is 0 Å². The number of aromatic nitrogens is 1. The van der Waals surface area contributed by atoms with Crippen molar-refractivity contribution in [2.75, 3.05) is 32.1 Å². The van der Waals surface area contributed by atoms with Gasteiger partial charge in [-0.05, 0) is 12.1 Å². The van der Waals surface area contributed by atoms with E-state index in [4.69, 9.17) is 5.11 Å². The molecule has 0 saturated heterocycles. The van der Waals surface area contributed by atoms with Crippen LogP contribution in [0.15, 0.2) is 18.3 Å². The second-order valence-corrected chi connectivity index (χ2v) is 5.27. The highest BCUT2D eigenvalue weighted by Crippen LogP contribution is 2.16. The van der Waals surface area contributed by atoms with Crippen LogP contribution in [0.25, 0.3) is 0 Å². The van der Waals surface area contributed by atoms with E-state index >= 15 is 0 Å². The second kappa shape index (κ2) is 5.82. The Morgan fingerprint density at radius 3 is 2.72 bits per heavy atom. The predicted octanol–water partition coefficient (Wildman–Crippen LogP) is 0.896. The van der Waals surface area contributed by atoms with Gasteiger partial charge in [0.25, 0.3) is 5.91 Å². The van der Waals surface area contributed by atoms with E-state index in [9.17, 15) is 4.79 Å². The zero-order valence-corrected chi connectivity index (χ0v) is 11.4. The Hall–Kier alpha value is -1.62. The number of carbonyl (C=O) groups is 1. The van der Waals surface area contributed by atoms with Crippen LogP contribution in [0, 0.1) is 5.41 Å². The zero-order chi connectivity index (χ0) is 13.8. The van der Waals surface area contributed by atoms with E-state index in [1.165, 1.54) is 0 Å². The Morgan fingerprint density at radius 2 is 2.17 bits per heavy atom. The summed E-state index contributed by atoms with van der Waals surface area (Å²) in [5.74, 6) is 0.463. The molecule has 1 amide bonds. The number of aliphatic hydroxyl groups excluding tert-OH is 1. The molecule has 1 aromatic rings. The van der Waals surface area contributed by atoms with Gasteiger partial charge in [0.05, 0.1) is 5.56 Å². The molecule has 2 N–H and O–H groups in total. The number of hydrogen-bond donors (Lipinski definition) is 2. The molecule has 0 aliphatic rings. The molecule has 100 valence electrons. The van der Waals surface area contributed by atoms with Crippen molar-refractivity contribution in [3.05, 3.63) is 23.9 Å². The molecule has 0 saturated carbocycles. The van der Waals surface area contributed by atoms with E-state index in [1.807, 2.05) is 27.9 Å². The molecule has 1 aromatic heterocycles. The van der Waals surface area contributed by atoms with Gasteiger partial charge in [-0.1, -0.05) is 13.8 Å². The summed E-state index contributed by atoms with van der Waals surface area (Å²) in [6.45, 7) is 4.23. The van der Waals surface area contributed by atoms with Crippen molar-refractivity contribution in [3.63, 3.8) is 0 Å². The number of amides is 1. The molecular formula is C13H21N3O2. The van der Waals surface area contributed by atoms with Crippen molar-refractivity contribution < 1.29 is 9.90 Å². The lowest BCUT2D eigenvalue weighted by molar-refractivity contribution is 0.0911. The minimum Gasteiger partial charge on any atom is -0.396 e. The van der Waals surface area contributed by atoms with E-state index in [0.717, 1.165) is 0 Å². The summed E-state index contributed by atoms with van der Waals surface area (Å²) in [7, 11) is 3.69. The number of aliphatic hydroxyl groups is 1. The Morgan fingerprint density at radius 1 is 1.50 bits per heavy atom. The van der Waals surface area contributed by atoms with Gasteiger partial charge in [-0.2, -0.15) is 0 Å². The van der Waals surface area contributed by atoms with E-state index < -0.39 is 0 Å². The van der Waals surface area contributed by atoms with Crippen molar-refractivity contribution in [2.24, 2.45) is 5.41 Å². The number of rotatable bonds is 5. The third-order valence-electron chi connectivity index (χ3n) is 2.61. The topological polar surface area (TPSA) is 65.5 Å². The van der Waals surface area contributed by atoms with Crippen LogP contribution in [-0.4, -0.2) is 43.2 Å². The quantitative estimate of drug-likeness (QED) is 0.816. The van der Waals surface area contributed by atoms with E-state index in [-0.39, 0.29) is 17.9 Å². The maximum Gasteiger partial charge on any atom is 0.255 e. The third kappa shape index (κ3) is 3.70. The summed E-state index contributed by atoms with van der Waals surface area (Å²) < 4.78 is 0. The highest BCUT2D eigenvalue weighted by Gasteiger charge is 2.19. The molecule has 0 radical (unpaired) electrons. The lowest BCUT2D eigenvalue weighted by atomic mass is 9.95. The van der Waals surface area contributed by atoms with Crippen LogP contribution in [0.1, 0.15) is 24.2 Å². The fourth-order valence-electron chi connectivity index (χ4n) is 1.40. The van der Waals surface area contributed by atoms with Gasteiger partial charge < -0.3 is 15.3 Å². The molecule has 1 heterocycles. The number of pyridine rings is 1. The first-order valence-corrected chi connectivity index (χ1v) is 5.89. The van der Waals surface area contributed by atoms with Crippen LogP contribution in [0.3, 0.4) is 0 Å². The summed E-state index contributed by atoms with van der Waals surface area (Å²) in [5.41, 5.74) is 0.215. The van der Waals surface area contributed by atoms with Crippen LogP contribution >= 0.6 is 0 Å². The molecule has 5 nitrogen and oxygen atoms in total. The summed E-state index contributed by atoms with van der Waals surface area (Å²) in [4.78, 5) is 18.1. The van der Waals surface area contributed by atoms with Crippen LogP contribution < -0.4 is 10.2 Å². The normalized spacial score (nSPS) is 11.2. The first-order valence-electron chi connectivity index (χ1n) is 5.89. The van der Waals surface area contributed by atoms with Crippen LogP contribution in [0.5, 0.6) is 0 Å². The summed E-state index contributed by atoms with van der Waals surface area (Å²) >= 11 is 0. The second-order valence-electron chi connectivity index (χ2n) is 5.27. The molecular weight excluding hydrogens is 230 g/mol. The molecule has 5 heteroatoms. The Labute approximate surface area is 108 Å². The minimum atomic E-state index is -0.323. The summed E-state index contributed by atoms with van der Waals surface area (Å²) in [6.07, 6.45) is 1.66. The standard InChI is InChI=1S/C13H21N3O2/c1-13(2,9-17)8-15-12(18)10-6-5-7-14-11(10)16(3)4/h5-7,17H,8-9H2,1-4H3,(H,15,18). The lowest BCUT2D eigenvalue weighted by Gasteiger charge is -2.22. The maximum absolute atomic E-state index is 12.1. The van der Waals surface area contributed by atoms with Crippen molar-refractivity contribution >= 4 is 11.7 Å². The van der Waals surface area contributed by atoms with Gasteiger partial charge in [0, 0.05) is 38.9 Å². The summed E-state index contributed by atoms with van der Waals surface area (Å²) in [5, 5.41) is 12.0. The fraction of sp³-hybridized carbons (Fsp3) is 0.538. The van der Waals surface area contributed by atoms with Gasteiger partial charge in [-0.15, -0.1) is 0 Å². The van der Waals surface area contributed by atoms with E-state index in [2.05, 4.69) is 10.3 Å². The number of hydrogen-bond acceptors (Lipinski definition) is 4. The van der Waals surface area contributed by atoms with E-state index in [1.54, 1.807) is 23.2 Å². The highest BCUT2D eigenvalue weighted by molar-refractivity contribution is 5.98. The molecule has 0 aliphatic heterocycles. The zero-order valence-electron chi connectivity index (χ0n) is 11.4. The molecule has 0 unspecified atom stereocenters. The minimum absolute atomic E-state index is 0.0286. The number of carbonyl (C=O) groups excluding carboxylic acids is 1. The van der Waals surface area contributed by atoms with Gasteiger partial charge >= 0.3 is 0 Å². The van der Waals surface area contributed by atoms with Gasteiger partial charge in [0.2, 0.25) is 0 Å². The number of anilines is 1. The van der Waals surface area contributed by atoms with Crippen molar-refractivity contribution in [1.82, 2.24) is 10.3 Å². The average Bonchev–Trinajstić information content (AvgIpc) is 2.36. The third-order valence-corrected chi connectivity index (χ3v) is 2.61. The molecule has 0 atom stereocenters. The molecule has 0 fully saturated rings. The largest absolute Gasteiger partial charge is 0.396 e. The monoisotopic (exact) mass is 251 g/mol. The molecule has 0 aliphatic carbocycles. The average molecular weight is 251 g/mol. The Balaban J connectivity index is 2.79. The first-order chi connectivity index (χ1) is 8.37. The molecule has 0 spiro atoms. The first kappa shape index (κ1) is 14.4. The predicted molar refractivity (Wildman–Crippen MR) is 71.8 cm³/mol. The molecule has 0 bridgehead atoms. The van der Waals surface area contributed by atoms with Crippen molar-refractivity contribution in [2.45, 2.75) is 13.8 Å². The smallest absolute Gasteiger partial charge is 0.255 e. The molecule has 1 rings (SSSR count). The van der Waals surface area contributed by atoms with E-state index in [0.29, 0.717) is 17.9 Å². The molecule has 18 heavy (non-hydrogen) atoms. The highest BCUT2D eigenvalue weighted by atomic mass is 16.3. The van der Waals surface area contributed by atoms with Gasteiger partial charge in [-0.25, -0.2) is 4.98 Å². The fourth-order valence-corrected chi connectivity index (χ4v) is 1.40. The molecule has 0 aromatic carbocycles. The van der Waals surface area contributed by atoms with Gasteiger partial charge in [0.1, 0.15) is 5.82 Å². The summed E-state index contributed by atoms with van der Waals surface area (Å²) in [6, 6.07) is 3.47. The van der Waals surface area contributed by atoms with Crippen LogP contribution in [0.2, 0.25) is 0 Å². The van der Waals surface area contributed by atoms with Gasteiger partial charge in [-0.3, -0.25) is 4.79 Å². The Bertz CT molecular complexity index is 416. The van der Waals surface area contributed by atoms with Crippen LogP contribution in [-0.2, 0) is 0 Å². The lowest BCUT2D eigenvalue weighted by Crippen LogP contribution is -2.36. The number of nitrogens with zero attached hydrogens (tertiary/aromatic N) is 2. The maximum atomic E-state index is 12.1. The van der Waals surface area contributed by atoms with Gasteiger partial charge in [0.15, 0.2) is 0 Å². The number of nitrogens with one attached hydrogen (secondary N) is 1. The van der Waals surface area contributed by atoms with Crippen molar-refractivity contribution in [1.29, 1.82) is 0 Å². The van der Waals surface area contributed by atoms with Crippen LogP contribution in [0.4, 0.5) is 5.82 Å².